The number of anilines is 1. The molecule has 2 aromatic rings. The van der Waals surface area contributed by atoms with E-state index >= 15 is 0 Å². The summed E-state index contributed by atoms with van der Waals surface area (Å²) in [6.07, 6.45) is 4.96. The summed E-state index contributed by atoms with van der Waals surface area (Å²) in [6, 6.07) is 11.8. The Morgan fingerprint density at radius 3 is 2.48 bits per heavy atom. The Morgan fingerprint density at radius 1 is 1.17 bits per heavy atom. The van der Waals surface area contributed by atoms with Crippen LogP contribution < -0.4 is 4.90 Å². The summed E-state index contributed by atoms with van der Waals surface area (Å²) in [4.78, 5) is 16.8. The lowest BCUT2D eigenvalue weighted by molar-refractivity contribution is 0.104. The molecule has 0 radical (unpaired) electrons. The summed E-state index contributed by atoms with van der Waals surface area (Å²) in [6.45, 7) is 3.79. The summed E-state index contributed by atoms with van der Waals surface area (Å²) >= 11 is 1.68. The maximum Gasteiger partial charge on any atom is 0.185 e. The number of ketones is 1. The summed E-state index contributed by atoms with van der Waals surface area (Å²) < 4.78 is 0. The van der Waals surface area contributed by atoms with Gasteiger partial charge in [0.05, 0.1) is 6.10 Å². The topological polar surface area (TPSA) is 40.5 Å². The summed E-state index contributed by atoms with van der Waals surface area (Å²) in [5.41, 5.74) is 1.82. The van der Waals surface area contributed by atoms with Crippen LogP contribution in [0.1, 0.15) is 33.0 Å². The lowest BCUT2D eigenvalue weighted by atomic mass is 10.1. The summed E-state index contributed by atoms with van der Waals surface area (Å²) in [5, 5.41) is 9.57. The van der Waals surface area contributed by atoms with Crippen LogP contribution in [-0.4, -0.2) is 30.1 Å². The van der Waals surface area contributed by atoms with Crippen LogP contribution in [0, 0.1) is 6.92 Å². The molecule has 120 valence electrons. The number of piperidine rings is 1. The quantitative estimate of drug-likeness (QED) is 0.683. The molecule has 0 spiro atoms. The normalized spacial score (nSPS) is 16.2. The van der Waals surface area contributed by atoms with Crippen LogP contribution in [0.4, 0.5) is 5.69 Å². The van der Waals surface area contributed by atoms with Crippen molar-refractivity contribution >= 4 is 28.9 Å². The van der Waals surface area contributed by atoms with Crippen LogP contribution in [0.2, 0.25) is 0 Å². The van der Waals surface area contributed by atoms with E-state index in [4.69, 9.17) is 0 Å². The fourth-order valence-electron chi connectivity index (χ4n) is 2.76. The zero-order valence-electron chi connectivity index (χ0n) is 13.2. The average Bonchev–Trinajstić information content (AvgIpc) is 2.99. The van der Waals surface area contributed by atoms with E-state index in [2.05, 4.69) is 17.9 Å². The number of nitrogens with zero attached hydrogens (tertiary/aromatic N) is 1. The molecule has 0 amide bonds. The number of aliphatic hydroxyl groups is 1. The predicted octanol–water partition coefficient (Wildman–Crippen LogP) is 3.91. The molecule has 1 aromatic heterocycles. The van der Waals surface area contributed by atoms with Crippen LogP contribution in [0.3, 0.4) is 0 Å². The smallest absolute Gasteiger partial charge is 0.185 e. The van der Waals surface area contributed by atoms with Gasteiger partial charge in [0.25, 0.3) is 0 Å². The van der Waals surface area contributed by atoms with Crippen molar-refractivity contribution in [3.8, 4) is 0 Å². The highest BCUT2D eigenvalue weighted by atomic mass is 32.1. The van der Waals surface area contributed by atoms with Gasteiger partial charge in [-0.3, -0.25) is 4.79 Å². The van der Waals surface area contributed by atoms with E-state index in [-0.39, 0.29) is 11.9 Å². The van der Waals surface area contributed by atoms with E-state index in [1.807, 2.05) is 36.4 Å². The van der Waals surface area contributed by atoms with Gasteiger partial charge in [0.2, 0.25) is 0 Å². The minimum absolute atomic E-state index is 0.0247. The molecular weight excluding hydrogens is 306 g/mol. The van der Waals surface area contributed by atoms with Crippen molar-refractivity contribution in [2.75, 3.05) is 18.0 Å². The third kappa shape index (κ3) is 4.09. The maximum absolute atomic E-state index is 12.2. The second-order valence-corrected chi connectivity index (χ2v) is 7.23. The van der Waals surface area contributed by atoms with E-state index in [0.29, 0.717) is 5.56 Å². The van der Waals surface area contributed by atoms with Crippen molar-refractivity contribution in [2.45, 2.75) is 25.9 Å². The van der Waals surface area contributed by atoms with Gasteiger partial charge < -0.3 is 10.0 Å². The second kappa shape index (κ2) is 7.11. The third-order valence-corrected chi connectivity index (χ3v) is 5.11. The van der Waals surface area contributed by atoms with Gasteiger partial charge in [0.1, 0.15) is 0 Å². The van der Waals surface area contributed by atoms with Crippen molar-refractivity contribution in [3.63, 3.8) is 0 Å². The first-order chi connectivity index (χ1) is 11.1. The molecule has 1 aliphatic rings. The Kier molecular flexibility index (Phi) is 4.94. The van der Waals surface area contributed by atoms with Gasteiger partial charge in [-0.05, 0) is 68.3 Å². The molecule has 4 heteroatoms. The van der Waals surface area contributed by atoms with Crippen LogP contribution in [-0.2, 0) is 0 Å². The number of carbonyl (C=O) groups excluding carboxylic acids is 1. The van der Waals surface area contributed by atoms with E-state index < -0.39 is 0 Å². The van der Waals surface area contributed by atoms with Gasteiger partial charge >= 0.3 is 0 Å². The largest absolute Gasteiger partial charge is 0.393 e. The Morgan fingerprint density at radius 2 is 1.87 bits per heavy atom. The first-order valence-electron chi connectivity index (χ1n) is 7.94. The molecular formula is C19H21NO2S. The predicted molar refractivity (Wildman–Crippen MR) is 96.3 cm³/mol. The van der Waals surface area contributed by atoms with Crippen LogP contribution in [0.15, 0.2) is 42.5 Å². The minimum atomic E-state index is -0.168. The second-order valence-electron chi connectivity index (χ2n) is 5.91. The van der Waals surface area contributed by atoms with Gasteiger partial charge in [-0.15, -0.1) is 11.3 Å². The van der Waals surface area contributed by atoms with E-state index in [1.54, 1.807) is 17.4 Å². The van der Waals surface area contributed by atoms with Crippen molar-refractivity contribution < 1.29 is 9.90 Å². The van der Waals surface area contributed by atoms with Crippen molar-refractivity contribution in [3.05, 3.63) is 57.8 Å². The number of hydrogen-bond donors (Lipinski definition) is 1. The highest BCUT2D eigenvalue weighted by Crippen LogP contribution is 2.21. The number of aliphatic hydroxyl groups excluding tert-OH is 1. The first kappa shape index (κ1) is 16.0. The lowest BCUT2D eigenvalue weighted by Gasteiger charge is -2.31. The fraction of sp³-hybridized carbons (Fsp3) is 0.316. The Labute approximate surface area is 140 Å². The highest BCUT2D eigenvalue weighted by Gasteiger charge is 2.17. The SMILES string of the molecule is Cc1ccc(C=CC(=O)c2ccc(N3CCC(O)CC3)cc2)s1. The highest BCUT2D eigenvalue weighted by molar-refractivity contribution is 7.12. The van der Waals surface area contributed by atoms with E-state index in [0.717, 1.165) is 36.5 Å². The molecule has 0 bridgehead atoms. The molecule has 0 unspecified atom stereocenters. The molecule has 2 heterocycles. The molecule has 1 fully saturated rings. The Bertz CT molecular complexity index is 694. The molecule has 1 aromatic carbocycles. The number of benzene rings is 1. The standard InChI is InChI=1S/C19H21NO2S/c1-14-2-7-18(23-14)8-9-19(22)15-3-5-16(6-4-15)20-12-10-17(21)11-13-20/h2-9,17,21H,10-13H2,1H3. The van der Waals surface area contributed by atoms with E-state index in [9.17, 15) is 9.90 Å². The molecule has 1 N–H and O–H groups in total. The number of aryl methyl sites for hydroxylation is 1. The lowest BCUT2D eigenvalue weighted by Crippen LogP contribution is -2.35. The number of hydrogen-bond acceptors (Lipinski definition) is 4. The van der Waals surface area contributed by atoms with Gasteiger partial charge in [0.15, 0.2) is 5.78 Å². The summed E-state index contributed by atoms with van der Waals surface area (Å²) in [5.74, 6) is 0.0247. The van der Waals surface area contributed by atoms with Crippen LogP contribution >= 0.6 is 11.3 Å². The maximum atomic E-state index is 12.2. The zero-order chi connectivity index (χ0) is 16.2. The molecule has 0 saturated carbocycles. The number of carbonyl (C=O) groups is 1. The minimum Gasteiger partial charge on any atom is -0.393 e. The summed E-state index contributed by atoms with van der Waals surface area (Å²) in [7, 11) is 0. The molecule has 0 aliphatic carbocycles. The average molecular weight is 327 g/mol. The fourth-order valence-corrected chi connectivity index (χ4v) is 3.54. The van der Waals surface area contributed by atoms with Crippen molar-refractivity contribution in [2.24, 2.45) is 0 Å². The Hall–Kier alpha value is -1.91. The Balaban J connectivity index is 1.64. The van der Waals surface area contributed by atoms with Gasteiger partial charge in [-0.2, -0.15) is 0 Å². The number of allylic oxidation sites excluding steroid dienone is 1. The number of rotatable bonds is 4. The van der Waals surface area contributed by atoms with E-state index in [1.165, 1.54) is 4.88 Å². The van der Waals surface area contributed by atoms with Gasteiger partial charge in [-0.25, -0.2) is 0 Å². The molecule has 1 aliphatic heterocycles. The molecule has 3 nitrogen and oxygen atoms in total. The molecule has 3 rings (SSSR count). The zero-order valence-corrected chi connectivity index (χ0v) is 14.1. The van der Waals surface area contributed by atoms with Crippen LogP contribution in [0.25, 0.3) is 6.08 Å². The van der Waals surface area contributed by atoms with Crippen molar-refractivity contribution in [1.82, 2.24) is 0 Å². The first-order valence-corrected chi connectivity index (χ1v) is 8.75. The monoisotopic (exact) mass is 327 g/mol. The number of thiophene rings is 1. The molecule has 1 saturated heterocycles. The third-order valence-electron chi connectivity index (χ3n) is 4.14. The van der Waals surface area contributed by atoms with Gasteiger partial charge in [-0.1, -0.05) is 0 Å². The molecule has 23 heavy (non-hydrogen) atoms. The van der Waals surface area contributed by atoms with Crippen LogP contribution in [0.5, 0.6) is 0 Å². The van der Waals surface area contributed by atoms with Crippen molar-refractivity contribution in [1.29, 1.82) is 0 Å². The van der Waals surface area contributed by atoms with Gasteiger partial charge in [0, 0.05) is 34.1 Å². The molecule has 0 atom stereocenters.